The van der Waals surface area contributed by atoms with Gasteiger partial charge in [0.2, 0.25) is 0 Å². The highest BCUT2D eigenvalue weighted by molar-refractivity contribution is 5.16. The van der Waals surface area contributed by atoms with Crippen LogP contribution < -0.4 is 0 Å². The molecule has 0 N–H and O–H groups in total. The van der Waals surface area contributed by atoms with E-state index in [9.17, 15) is 0 Å². The maximum Gasteiger partial charge on any atom is -0.0171 e. The molecule has 66 valence electrons. The Morgan fingerprint density at radius 1 is 1.25 bits per heavy atom. The van der Waals surface area contributed by atoms with E-state index in [1.165, 1.54) is 32.1 Å². The second kappa shape index (κ2) is 2.16. The molecule has 0 amide bonds. The standard InChI is InChI=1S/C12H18/c1-9-4-5-12(7-9)8-10-2-3-11(12)6-10/h2-3,9-11H,4-8H2,1H3. The first-order valence-corrected chi connectivity index (χ1v) is 5.47. The SMILES string of the molecule is CC1CCC2(C1)CC1C=CC2C1. The van der Waals surface area contributed by atoms with Crippen molar-refractivity contribution in [1.82, 2.24) is 0 Å². The van der Waals surface area contributed by atoms with Crippen molar-refractivity contribution >= 4 is 0 Å². The lowest BCUT2D eigenvalue weighted by Gasteiger charge is -2.31. The highest BCUT2D eigenvalue weighted by Gasteiger charge is 2.50. The fourth-order valence-electron chi connectivity index (χ4n) is 4.01. The van der Waals surface area contributed by atoms with E-state index in [2.05, 4.69) is 19.1 Å². The van der Waals surface area contributed by atoms with E-state index >= 15 is 0 Å². The third-order valence-electron chi connectivity index (χ3n) is 4.52. The molecule has 4 unspecified atom stereocenters. The Hall–Kier alpha value is -0.260. The molecule has 0 aromatic heterocycles. The molecule has 1 spiro atoms. The van der Waals surface area contributed by atoms with Gasteiger partial charge < -0.3 is 0 Å². The Bertz CT molecular complexity index is 228. The minimum atomic E-state index is 0.791. The molecule has 0 radical (unpaired) electrons. The molecule has 0 nitrogen and oxygen atoms in total. The minimum absolute atomic E-state index is 0.791. The average molecular weight is 162 g/mol. The quantitative estimate of drug-likeness (QED) is 0.479. The first-order chi connectivity index (χ1) is 5.78. The van der Waals surface area contributed by atoms with Gasteiger partial charge in [0.15, 0.2) is 0 Å². The lowest BCUT2D eigenvalue weighted by Crippen LogP contribution is -2.22. The van der Waals surface area contributed by atoms with Crippen LogP contribution in [0.3, 0.4) is 0 Å². The molecule has 2 bridgehead atoms. The Balaban J connectivity index is 1.89. The largest absolute Gasteiger partial charge is 0.0851 e. The molecule has 0 aliphatic heterocycles. The predicted octanol–water partition coefficient (Wildman–Crippen LogP) is 3.39. The van der Waals surface area contributed by atoms with Gasteiger partial charge in [0.25, 0.3) is 0 Å². The molecule has 0 heteroatoms. The summed E-state index contributed by atoms with van der Waals surface area (Å²) in [6.07, 6.45) is 12.6. The van der Waals surface area contributed by atoms with E-state index in [1.54, 1.807) is 0 Å². The van der Waals surface area contributed by atoms with Gasteiger partial charge in [-0.2, -0.15) is 0 Å². The minimum Gasteiger partial charge on any atom is -0.0851 e. The summed E-state index contributed by atoms with van der Waals surface area (Å²) >= 11 is 0. The topological polar surface area (TPSA) is 0 Å². The Kier molecular flexibility index (Phi) is 1.29. The Morgan fingerprint density at radius 3 is 2.67 bits per heavy atom. The zero-order valence-corrected chi connectivity index (χ0v) is 7.92. The Labute approximate surface area is 75.0 Å². The van der Waals surface area contributed by atoms with E-state index in [0.717, 1.165) is 23.2 Å². The van der Waals surface area contributed by atoms with E-state index in [0.29, 0.717) is 0 Å². The first kappa shape index (κ1) is 7.17. The van der Waals surface area contributed by atoms with Crippen molar-refractivity contribution in [2.75, 3.05) is 0 Å². The van der Waals surface area contributed by atoms with E-state index in [1.807, 2.05) is 0 Å². The van der Waals surface area contributed by atoms with Crippen LogP contribution in [0.2, 0.25) is 0 Å². The number of hydrogen-bond donors (Lipinski definition) is 0. The van der Waals surface area contributed by atoms with Crippen LogP contribution in [-0.4, -0.2) is 0 Å². The van der Waals surface area contributed by atoms with Crippen LogP contribution in [0.15, 0.2) is 12.2 Å². The van der Waals surface area contributed by atoms with Gasteiger partial charge >= 0.3 is 0 Å². The smallest absolute Gasteiger partial charge is 0.0171 e. The van der Waals surface area contributed by atoms with Gasteiger partial charge in [-0.05, 0) is 48.9 Å². The molecule has 3 rings (SSSR count). The van der Waals surface area contributed by atoms with E-state index < -0.39 is 0 Å². The number of rotatable bonds is 0. The summed E-state index contributed by atoms with van der Waals surface area (Å²) in [4.78, 5) is 0. The summed E-state index contributed by atoms with van der Waals surface area (Å²) in [6.45, 7) is 2.43. The molecule has 12 heavy (non-hydrogen) atoms. The van der Waals surface area contributed by atoms with Gasteiger partial charge in [0, 0.05) is 0 Å². The maximum atomic E-state index is 2.52. The van der Waals surface area contributed by atoms with Crippen LogP contribution in [0.5, 0.6) is 0 Å². The number of hydrogen-bond acceptors (Lipinski definition) is 0. The van der Waals surface area contributed by atoms with Crippen LogP contribution in [0.1, 0.15) is 39.0 Å². The zero-order valence-electron chi connectivity index (χ0n) is 7.92. The molecule has 0 aromatic rings. The van der Waals surface area contributed by atoms with Crippen molar-refractivity contribution in [3.8, 4) is 0 Å². The highest BCUT2D eigenvalue weighted by Crippen LogP contribution is 2.61. The third kappa shape index (κ3) is 0.787. The van der Waals surface area contributed by atoms with Crippen LogP contribution in [-0.2, 0) is 0 Å². The first-order valence-electron chi connectivity index (χ1n) is 5.47. The van der Waals surface area contributed by atoms with Crippen molar-refractivity contribution in [1.29, 1.82) is 0 Å². The van der Waals surface area contributed by atoms with Gasteiger partial charge in [0.1, 0.15) is 0 Å². The van der Waals surface area contributed by atoms with Gasteiger partial charge in [-0.15, -0.1) is 0 Å². The molecular formula is C12H18. The van der Waals surface area contributed by atoms with Gasteiger partial charge in [-0.3, -0.25) is 0 Å². The normalized spacial score (nSPS) is 55.9. The summed E-state index contributed by atoms with van der Waals surface area (Å²) in [7, 11) is 0. The highest BCUT2D eigenvalue weighted by atomic mass is 14.5. The van der Waals surface area contributed by atoms with Crippen LogP contribution in [0.25, 0.3) is 0 Å². The third-order valence-corrected chi connectivity index (χ3v) is 4.52. The van der Waals surface area contributed by atoms with Crippen molar-refractivity contribution in [3.63, 3.8) is 0 Å². The summed E-state index contributed by atoms with van der Waals surface area (Å²) in [6, 6.07) is 0. The van der Waals surface area contributed by atoms with E-state index in [4.69, 9.17) is 0 Å². The summed E-state index contributed by atoms with van der Waals surface area (Å²) in [5.74, 6) is 2.96. The molecule has 2 fully saturated rings. The lowest BCUT2D eigenvalue weighted by atomic mass is 9.74. The van der Waals surface area contributed by atoms with Gasteiger partial charge in [-0.25, -0.2) is 0 Å². The Morgan fingerprint density at radius 2 is 2.17 bits per heavy atom. The van der Waals surface area contributed by atoms with Crippen molar-refractivity contribution < 1.29 is 0 Å². The second-order valence-electron chi connectivity index (χ2n) is 5.40. The monoisotopic (exact) mass is 162 g/mol. The molecule has 3 aliphatic rings. The fourth-order valence-corrected chi connectivity index (χ4v) is 4.01. The van der Waals surface area contributed by atoms with E-state index in [-0.39, 0.29) is 0 Å². The lowest BCUT2D eigenvalue weighted by molar-refractivity contribution is 0.230. The van der Waals surface area contributed by atoms with Crippen molar-refractivity contribution in [2.45, 2.75) is 39.0 Å². The second-order valence-corrected chi connectivity index (χ2v) is 5.40. The molecule has 4 atom stereocenters. The van der Waals surface area contributed by atoms with Crippen LogP contribution in [0.4, 0.5) is 0 Å². The molecule has 0 heterocycles. The maximum absolute atomic E-state index is 2.52. The molecule has 0 aromatic carbocycles. The van der Waals surface area contributed by atoms with Gasteiger partial charge in [-0.1, -0.05) is 25.5 Å². The molecule has 0 saturated heterocycles. The van der Waals surface area contributed by atoms with Gasteiger partial charge in [0.05, 0.1) is 0 Å². The molecule has 3 aliphatic carbocycles. The number of fused-ring (bicyclic) bond motifs is 3. The summed E-state index contributed by atoms with van der Waals surface area (Å²) in [5, 5.41) is 0. The van der Waals surface area contributed by atoms with Crippen LogP contribution in [0, 0.1) is 23.2 Å². The summed E-state index contributed by atoms with van der Waals surface area (Å²) in [5.41, 5.74) is 0.791. The molecular weight excluding hydrogens is 144 g/mol. The zero-order chi connectivity index (χ0) is 8.18. The van der Waals surface area contributed by atoms with Crippen LogP contribution >= 0.6 is 0 Å². The average Bonchev–Trinajstić information content (AvgIpc) is 2.67. The number of allylic oxidation sites excluding steroid dienone is 2. The summed E-state index contributed by atoms with van der Waals surface area (Å²) < 4.78 is 0. The van der Waals surface area contributed by atoms with Crippen molar-refractivity contribution in [3.05, 3.63) is 12.2 Å². The van der Waals surface area contributed by atoms with Crippen molar-refractivity contribution in [2.24, 2.45) is 23.2 Å². The predicted molar refractivity (Wildman–Crippen MR) is 50.8 cm³/mol. The fraction of sp³-hybridized carbons (Fsp3) is 0.833. The molecule has 2 saturated carbocycles.